The highest BCUT2D eigenvalue weighted by molar-refractivity contribution is 5.90. The molecule has 1 nitrogen and oxygen atoms in total. The second kappa shape index (κ2) is 5.61. The van der Waals surface area contributed by atoms with Gasteiger partial charge in [-0.1, -0.05) is 42.8 Å². The van der Waals surface area contributed by atoms with Crippen LogP contribution < -0.4 is 0 Å². The summed E-state index contributed by atoms with van der Waals surface area (Å²) in [5.41, 5.74) is 6.55. The van der Waals surface area contributed by atoms with Gasteiger partial charge in [-0.05, 0) is 56.2 Å². The Morgan fingerprint density at radius 3 is 2.48 bits per heavy atom. The number of benzene rings is 2. The third-order valence-corrected chi connectivity index (χ3v) is 3.96. The molecule has 0 aliphatic heterocycles. The van der Waals surface area contributed by atoms with Gasteiger partial charge in [-0.3, -0.25) is 0 Å². The van der Waals surface area contributed by atoms with Gasteiger partial charge >= 0.3 is 0 Å². The predicted octanol–water partition coefficient (Wildman–Crippen LogP) is 5.53. The second-order valence-electron chi connectivity index (χ2n) is 5.41. The summed E-state index contributed by atoms with van der Waals surface area (Å²) in [4.78, 5) is 0. The first kappa shape index (κ1) is 13.7. The third-order valence-electron chi connectivity index (χ3n) is 3.96. The fourth-order valence-corrected chi connectivity index (χ4v) is 3.05. The van der Waals surface area contributed by atoms with E-state index in [-0.39, 0.29) is 0 Å². The first-order valence-electron chi connectivity index (χ1n) is 7.58. The van der Waals surface area contributed by atoms with E-state index in [4.69, 9.17) is 0 Å². The van der Waals surface area contributed by atoms with Crippen LogP contribution in [0, 0.1) is 6.92 Å². The van der Waals surface area contributed by atoms with Crippen molar-refractivity contribution in [2.75, 3.05) is 0 Å². The van der Waals surface area contributed by atoms with Gasteiger partial charge in [0, 0.05) is 16.8 Å². The molecule has 0 atom stereocenters. The first-order valence-corrected chi connectivity index (χ1v) is 7.58. The van der Waals surface area contributed by atoms with Gasteiger partial charge in [-0.15, -0.1) is 0 Å². The lowest BCUT2D eigenvalue weighted by molar-refractivity contribution is 1.06. The summed E-state index contributed by atoms with van der Waals surface area (Å²) in [5.74, 6) is 0. The molecular formula is C20H21N. The van der Waals surface area contributed by atoms with E-state index < -0.39 is 0 Å². The SMILES string of the molecule is C/C=C\c1c(CC)c2cc(C)ccc2n1-c1ccccc1. The Labute approximate surface area is 126 Å². The molecule has 0 radical (unpaired) electrons. The van der Waals surface area contributed by atoms with E-state index in [0.717, 1.165) is 6.42 Å². The average molecular weight is 275 g/mol. The predicted molar refractivity (Wildman–Crippen MR) is 92.1 cm³/mol. The lowest BCUT2D eigenvalue weighted by Gasteiger charge is -2.09. The van der Waals surface area contributed by atoms with E-state index in [0.29, 0.717) is 0 Å². The van der Waals surface area contributed by atoms with Crippen LogP contribution in [0.4, 0.5) is 0 Å². The van der Waals surface area contributed by atoms with Crippen LogP contribution in [0.5, 0.6) is 0 Å². The normalized spacial score (nSPS) is 11.6. The zero-order valence-corrected chi connectivity index (χ0v) is 12.9. The fraction of sp³-hybridized carbons (Fsp3) is 0.200. The minimum Gasteiger partial charge on any atom is -0.310 e. The number of hydrogen-bond donors (Lipinski definition) is 0. The van der Waals surface area contributed by atoms with Gasteiger partial charge in [0.1, 0.15) is 0 Å². The average Bonchev–Trinajstić information content (AvgIpc) is 2.81. The van der Waals surface area contributed by atoms with Crippen molar-refractivity contribution < 1.29 is 0 Å². The van der Waals surface area contributed by atoms with Gasteiger partial charge in [0.15, 0.2) is 0 Å². The molecule has 0 N–H and O–H groups in total. The minimum absolute atomic E-state index is 1.04. The Kier molecular flexibility index (Phi) is 3.66. The summed E-state index contributed by atoms with van der Waals surface area (Å²) in [6.45, 7) is 6.48. The quantitative estimate of drug-likeness (QED) is 0.592. The monoisotopic (exact) mass is 275 g/mol. The highest BCUT2D eigenvalue weighted by Gasteiger charge is 2.15. The van der Waals surface area contributed by atoms with Gasteiger partial charge in [-0.2, -0.15) is 0 Å². The number of fused-ring (bicyclic) bond motifs is 1. The molecule has 0 fully saturated rings. The van der Waals surface area contributed by atoms with Crippen molar-refractivity contribution in [2.45, 2.75) is 27.2 Å². The highest BCUT2D eigenvalue weighted by Crippen LogP contribution is 2.31. The van der Waals surface area contributed by atoms with E-state index in [1.807, 2.05) is 0 Å². The summed E-state index contributed by atoms with van der Waals surface area (Å²) >= 11 is 0. The lowest BCUT2D eigenvalue weighted by Crippen LogP contribution is -1.97. The standard InChI is InChI=1S/C20H21N/c1-4-9-19-17(5-2)18-14-15(3)12-13-20(18)21(19)16-10-7-6-8-11-16/h4,6-14H,5H2,1-3H3/b9-4-. The molecule has 106 valence electrons. The number of para-hydroxylation sites is 1. The zero-order chi connectivity index (χ0) is 14.8. The third kappa shape index (κ3) is 2.29. The van der Waals surface area contributed by atoms with Crippen LogP contribution in [0.25, 0.3) is 22.7 Å². The molecule has 0 aliphatic rings. The Bertz CT molecular complexity index is 792. The molecule has 21 heavy (non-hydrogen) atoms. The molecule has 0 saturated carbocycles. The largest absolute Gasteiger partial charge is 0.310 e. The van der Waals surface area contributed by atoms with E-state index in [1.165, 1.54) is 33.4 Å². The van der Waals surface area contributed by atoms with Crippen LogP contribution in [-0.4, -0.2) is 4.57 Å². The molecule has 0 aliphatic carbocycles. The van der Waals surface area contributed by atoms with Gasteiger partial charge in [-0.25, -0.2) is 0 Å². The van der Waals surface area contributed by atoms with E-state index in [1.54, 1.807) is 0 Å². The molecule has 0 bridgehead atoms. The maximum atomic E-state index is 2.37. The van der Waals surface area contributed by atoms with Crippen LogP contribution in [0.3, 0.4) is 0 Å². The molecular weight excluding hydrogens is 254 g/mol. The maximum Gasteiger partial charge on any atom is 0.0537 e. The van der Waals surface area contributed by atoms with Gasteiger partial charge < -0.3 is 4.57 Å². The second-order valence-corrected chi connectivity index (χ2v) is 5.41. The number of nitrogens with zero attached hydrogens (tertiary/aromatic N) is 1. The molecule has 0 saturated heterocycles. The highest BCUT2D eigenvalue weighted by atomic mass is 15.0. The smallest absolute Gasteiger partial charge is 0.0537 e. The van der Waals surface area contributed by atoms with Gasteiger partial charge in [0.25, 0.3) is 0 Å². The molecule has 3 rings (SSSR count). The summed E-state index contributed by atoms with van der Waals surface area (Å²) < 4.78 is 2.37. The molecule has 1 aromatic heterocycles. The zero-order valence-electron chi connectivity index (χ0n) is 12.9. The Hall–Kier alpha value is -2.28. The van der Waals surface area contributed by atoms with Crippen molar-refractivity contribution in [3.8, 4) is 5.69 Å². The van der Waals surface area contributed by atoms with E-state index in [9.17, 15) is 0 Å². The van der Waals surface area contributed by atoms with Crippen molar-refractivity contribution in [3.05, 3.63) is 71.4 Å². The molecule has 1 heterocycles. The van der Waals surface area contributed by atoms with Gasteiger partial charge in [0.2, 0.25) is 0 Å². The van der Waals surface area contributed by atoms with Gasteiger partial charge in [0.05, 0.1) is 5.52 Å². The number of rotatable bonds is 3. The van der Waals surface area contributed by atoms with Crippen LogP contribution >= 0.6 is 0 Å². The van der Waals surface area contributed by atoms with Crippen LogP contribution in [-0.2, 0) is 6.42 Å². The first-order chi connectivity index (χ1) is 10.3. The molecule has 0 unspecified atom stereocenters. The summed E-state index contributed by atoms with van der Waals surface area (Å²) in [6.07, 6.45) is 5.39. The van der Waals surface area contributed by atoms with Crippen LogP contribution in [0.1, 0.15) is 30.7 Å². The van der Waals surface area contributed by atoms with Crippen molar-refractivity contribution in [1.82, 2.24) is 4.57 Å². The van der Waals surface area contributed by atoms with Crippen LogP contribution in [0.2, 0.25) is 0 Å². The van der Waals surface area contributed by atoms with E-state index >= 15 is 0 Å². The van der Waals surface area contributed by atoms with Crippen molar-refractivity contribution in [2.24, 2.45) is 0 Å². The Morgan fingerprint density at radius 2 is 1.81 bits per heavy atom. The number of aryl methyl sites for hydroxylation is 2. The number of hydrogen-bond acceptors (Lipinski definition) is 0. The Morgan fingerprint density at radius 1 is 1.05 bits per heavy atom. The van der Waals surface area contributed by atoms with Crippen molar-refractivity contribution in [1.29, 1.82) is 0 Å². The van der Waals surface area contributed by atoms with Crippen LogP contribution in [0.15, 0.2) is 54.6 Å². The fourth-order valence-electron chi connectivity index (χ4n) is 3.05. The van der Waals surface area contributed by atoms with Crippen molar-refractivity contribution in [3.63, 3.8) is 0 Å². The topological polar surface area (TPSA) is 4.93 Å². The van der Waals surface area contributed by atoms with E-state index in [2.05, 4.69) is 86.0 Å². The summed E-state index contributed by atoms with van der Waals surface area (Å²) in [6, 6.07) is 17.3. The number of allylic oxidation sites excluding steroid dienone is 1. The molecule has 2 aromatic carbocycles. The Balaban J connectivity index is 2.44. The molecule has 1 heteroatoms. The minimum atomic E-state index is 1.04. The summed E-state index contributed by atoms with van der Waals surface area (Å²) in [5, 5.41) is 1.37. The molecule has 0 amide bonds. The molecule has 0 spiro atoms. The van der Waals surface area contributed by atoms with Crippen molar-refractivity contribution >= 4 is 17.0 Å². The molecule has 3 aromatic rings. The summed E-state index contributed by atoms with van der Waals surface area (Å²) in [7, 11) is 0. The lowest BCUT2D eigenvalue weighted by atomic mass is 10.1. The number of aromatic nitrogens is 1. The maximum absolute atomic E-state index is 2.37.